The highest BCUT2D eigenvalue weighted by molar-refractivity contribution is 8.43. The van der Waals surface area contributed by atoms with Crippen molar-refractivity contribution in [2.75, 3.05) is 0 Å². The number of alkyl halides is 3. The molecular weight excluding hydrogens is 308 g/mol. The van der Waals surface area contributed by atoms with Crippen LogP contribution in [0.1, 0.15) is 5.56 Å². The Labute approximate surface area is 103 Å². The van der Waals surface area contributed by atoms with Gasteiger partial charge in [-0.3, -0.25) is 0 Å². The monoisotopic (exact) mass is 310 g/mol. The summed E-state index contributed by atoms with van der Waals surface area (Å²) < 4.78 is 37.5. The molecular formula is C7H4Cl3F3SSi. The lowest BCUT2D eigenvalue weighted by Crippen LogP contribution is -2.10. The van der Waals surface area contributed by atoms with Crippen LogP contribution in [0, 0.1) is 0 Å². The minimum atomic E-state index is -4.42. The fraction of sp³-hybridized carbons (Fsp3) is 0.143. The van der Waals surface area contributed by atoms with Crippen molar-refractivity contribution in [3.05, 3.63) is 29.8 Å². The molecule has 0 N–H and O–H groups in total. The summed E-state index contributed by atoms with van der Waals surface area (Å²) in [5, 5.41) is -3.17. The molecule has 0 aromatic heterocycles. The smallest absolute Gasteiger partial charge is 0.166 e. The van der Waals surface area contributed by atoms with Crippen molar-refractivity contribution in [3.8, 4) is 0 Å². The molecule has 84 valence electrons. The molecule has 0 unspecified atom stereocenters. The second kappa shape index (κ2) is 4.75. The van der Waals surface area contributed by atoms with E-state index in [0.717, 1.165) is 6.07 Å². The van der Waals surface area contributed by atoms with Crippen LogP contribution in [-0.4, -0.2) is 5.15 Å². The molecule has 0 bridgehead atoms. The summed E-state index contributed by atoms with van der Waals surface area (Å²) in [5.41, 5.74) is -0.770. The summed E-state index contributed by atoms with van der Waals surface area (Å²) in [4.78, 5) is -0.0448. The molecule has 0 nitrogen and oxygen atoms in total. The number of rotatable bonds is 2. The molecule has 0 aliphatic rings. The van der Waals surface area contributed by atoms with Crippen molar-refractivity contribution < 1.29 is 13.2 Å². The molecule has 0 fully saturated rings. The normalized spacial score (nSPS) is 12.9. The predicted molar refractivity (Wildman–Crippen MR) is 60.6 cm³/mol. The van der Waals surface area contributed by atoms with Crippen LogP contribution in [-0.2, 0) is 6.18 Å². The number of halogens is 6. The van der Waals surface area contributed by atoms with Crippen molar-refractivity contribution >= 4 is 49.6 Å². The number of hydrogen-bond donors (Lipinski definition) is 0. The van der Waals surface area contributed by atoms with Crippen molar-refractivity contribution in [2.24, 2.45) is 0 Å². The van der Waals surface area contributed by atoms with Gasteiger partial charge in [-0.05, 0) is 12.1 Å². The zero-order chi connectivity index (χ0) is 11.7. The molecule has 8 heteroatoms. The topological polar surface area (TPSA) is 0 Å². The van der Waals surface area contributed by atoms with Gasteiger partial charge < -0.3 is 0 Å². The molecule has 1 aromatic rings. The third kappa shape index (κ3) is 4.44. The number of benzene rings is 1. The van der Waals surface area contributed by atoms with E-state index in [0.29, 0.717) is 11.2 Å². The standard InChI is InChI=1S/C7H4Cl3F3SSi/c8-15(9,10)14-6-4-2-1-3-5(6)7(11,12)13/h1-4H. The Bertz CT molecular complexity index is 350. The molecule has 1 aromatic carbocycles. The van der Waals surface area contributed by atoms with E-state index in [1.165, 1.54) is 18.2 Å². The molecule has 0 aliphatic heterocycles. The average molecular weight is 312 g/mol. The van der Waals surface area contributed by atoms with Gasteiger partial charge in [-0.1, -0.05) is 12.1 Å². The maximum atomic E-state index is 12.5. The van der Waals surface area contributed by atoms with Gasteiger partial charge in [0, 0.05) is 4.90 Å². The Balaban J connectivity index is 3.08. The van der Waals surface area contributed by atoms with E-state index in [2.05, 4.69) is 0 Å². The Morgan fingerprint density at radius 2 is 1.60 bits per heavy atom. The van der Waals surface area contributed by atoms with Gasteiger partial charge in [-0.2, -0.15) is 13.2 Å². The first-order chi connectivity index (χ1) is 6.70. The van der Waals surface area contributed by atoms with Crippen LogP contribution < -0.4 is 0 Å². The highest BCUT2D eigenvalue weighted by Gasteiger charge is 2.36. The molecule has 0 radical (unpaired) electrons. The van der Waals surface area contributed by atoms with Crippen LogP contribution in [0.25, 0.3) is 0 Å². The molecule has 0 heterocycles. The van der Waals surface area contributed by atoms with Crippen molar-refractivity contribution in [3.63, 3.8) is 0 Å². The lowest BCUT2D eigenvalue weighted by Gasteiger charge is -2.14. The van der Waals surface area contributed by atoms with Gasteiger partial charge in [-0.25, -0.2) is 0 Å². The average Bonchev–Trinajstić information content (AvgIpc) is 1.99. The molecule has 0 atom stereocenters. The van der Waals surface area contributed by atoms with E-state index in [1.807, 2.05) is 0 Å². The summed E-state index contributed by atoms with van der Waals surface area (Å²) in [6.07, 6.45) is -4.42. The van der Waals surface area contributed by atoms with E-state index in [4.69, 9.17) is 33.2 Å². The second-order valence-corrected chi connectivity index (χ2v) is 15.4. The summed E-state index contributed by atoms with van der Waals surface area (Å²) in [6, 6.07) is 5.03. The van der Waals surface area contributed by atoms with Crippen molar-refractivity contribution in [1.82, 2.24) is 0 Å². The van der Waals surface area contributed by atoms with Crippen LogP contribution in [0.3, 0.4) is 0 Å². The maximum absolute atomic E-state index is 12.5. The first kappa shape index (κ1) is 13.5. The molecule has 0 spiro atoms. The SMILES string of the molecule is FC(F)(F)c1ccccc1S[Si](Cl)(Cl)Cl. The van der Waals surface area contributed by atoms with Crippen LogP contribution in [0.2, 0.25) is 0 Å². The molecule has 0 saturated heterocycles. The zero-order valence-corrected chi connectivity index (χ0v) is 11.1. The lowest BCUT2D eigenvalue weighted by atomic mass is 10.2. The Morgan fingerprint density at radius 1 is 1.07 bits per heavy atom. The fourth-order valence-electron chi connectivity index (χ4n) is 0.915. The third-order valence-corrected chi connectivity index (χ3v) is 5.66. The minimum Gasteiger partial charge on any atom is -0.166 e. The van der Waals surface area contributed by atoms with Gasteiger partial charge in [0.25, 0.3) is 0 Å². The second-order valence-electron chi connectivity index (χ2n) is 2.54. The zero-order valence-electron chi connectivity index (χ0n) is 6.99. The van der Waals surface area contributed by atoms with Gasteiger partial charge in [0.15, 0.2) is 0 Å². The molecule has 0 aliphatic carbocycles. The molecule has 0 saturated carbocycles. The Hall–Kier alpha value is 0.447. The van der Waals surface area contributed by atoms with Gasteiger partial charge in [0.1, 0.15) is 0 Å². The van der Waals surface area contributed by atoms with Gasteiger partial charge >= 0.3 is 11.3 Å². The third-order valence-electron chi connectivity index (χ3n) is 1.42. The lowest BCUT2D eigenvalue weighted by molar-refractivity contribution is -0.139. The quantitative estimate of drug-likeness (QED) is 0.550. The van der Waals surface area contributed by atoms with E-state index >= 15 is 0 Å². The predicted octanol–water partition coefficient (Wildman–Crippen LogP) is 4.95. The van der Waals surface area contributed by atoms with Crippen molar-refractivity contribution in [1.29, 1.82) is 0 Å². The van der Waals surface area contributed by atoms with Gasteiger partial charge in [-0.15, -0.1) is 44.4 Å². The fourth-order valence-corrected chi connectivity index (χ4v) is 5.13. The Morgan fingerprint density at radius 3 is 2.07 bits per heavy atom. The first-order valence-electron chi connectivity index (χ1n) is 3.62. The van der Waals surface area contributed by atoms with Crippen molar-refractivity contribution in [2.45, 2.75) is 11.1 Å². The van der Waals surface area contributed by atoms with Gasteiger partial charge in [0.2, 0.25) is 0 Å². The summed E-state index contributed by atoms with van der Waals surface area (Å²) in [5.74, 6) is 0. The summed E-state index contributed by atoms with van der Waals surface area (Å²) >= 11 is 17.3. The highest BCUT2D eigenvalue weighted by Crippen LogP contribution is 2.44. The largest absolute Gasteiger partial charge is 0.417 e. The molecule has 1 rings (SSSR count). The maximum Gasteiger partial charge on any atom is 0.417 e. The molecule has 15 heavy (non-hydrogen) atoms. The van der Waals surface area contributed by atoms with Crippen LogP contribution in [0.5, 0.6) is 0 Å². The summed E-state index contributed by atoms with van der Waals surface area (Å²) in [7, 11) is 0. The Kier molecular flexibility index (Phi) is 4.28. The van der Waals surface area contributed by atoms with Crippen LogP contribution in [0.4, 0.5) is 13.2 Å². The van der Waals surface area contributed by atoms with Gasteiger partial charge in [0.05, 0.1) is 5.56 Å². The van der Waals surface area contributed by atoms with E-state index in [-0.39, 0.29) is 4.90 Å². The minimum absolute atomic E-state index is 0.0448. The number of hydrogen-bond acceptors (Lipinski definition) is 1. The highest BCUT2D eigenvalue weighted by atomic mass is 35.9. The first-order valence-corrected chi connectivity index (χ1v) is 10.2. The van der Waals surface area contributed by atoms with E-state index in [1.54, 1.807) is 0 Å². The van der Waals surface area contributed by atoms with E-state index in [9.17, 15) is 13.2 Å². The van der Waals surface area contributed by atoms with Crippen LogP contribution >= 0.6 is 44.4 Å². The van der Waals surface area contributed by atoms with E-state index < -0.39 is 16.9 Å². The summed E-state index contributed by atoms with van der Waals surface area (Å²) in [6.45, 7) is 0. The molecule has 0 amide bonds. The van der Waals surface area contributed by atoms with Crippen LogP contribution in [0.15, 0.2) is 29.2 Å².